The van der Waals surface area contributed by atoms with E-state index >= 15 is 0 Å². The molecule has 152 valence electrons. The summed E-state index contributed by atoms with van der Waals surface area (Å²) >= 11 is 0. The summed E-state index contributed by atoms with van der Waals surface area (Å²) in [4.78, 5) is 12.5. The molecule has 0 spiro atoms. The molecular formula is C21H28N2O4S. The molecule has 28 heavy (non-hydrogen) atoms. The maximum absolute atomic E-state index is 12.5. The maximum Gasteiger partial charge on any atom is 0.240 e. The number of anilines is 1. The molecular weight excluding hydrogens is 376 g/mol. The Kier molecular flexibility index (Phi) is 7.87. The summed E-state index contributed by atoms with van der Waals surface area (Å²) < 4.78 is 31.0. The van der Waals surface area contributed by atoms with E-state index in [-0.39, 0.29) is 18.5 Å². The van der Waals surface area contributed by atoms with Crippen molar-refractivity contribution in [3.05, 3.63) is 60.2 Å². The molecule has 7 heteroatoms. The molecule has 2 aromatic carbocycles. The first-order valence-electron chi connectivity index (χ1n) is 9.33. The van der Waals surface area contributed by atoms with Gasteiger partial charge in [0.2, 0.25) is 15.9 Å². The monoisotopic (exact) mass is 404 g/mol. The summed E-state index contributed by atoms with van der Waals surface area (Å²) in [5, 5.41) is 2.89. The Morgan fingerprint density at radius 2 is 1.86 bits per heavy atom. The first-order chi connectivity index (χ1) is 13.3. The van der Waals surface area contributed by atoms with E-state index in [0.717, 1.165) is 23.4 Å². The zero-order valence-corrected chi connectivity index (χ0v) is 17.4. The number of benzene rings is 2. The molecule has 0 saturated carbocycles. The molecule has 6 nitrogen and oxygen atoms in total. The summed E-state index contributed by atoms with van der Waals surface area (Å²) in [6, 6.07) is 16.7. The van der Waals surface area contributed by atoms with Gasteiger partial charge in [0.1, 0.15) is 12.3 Å². The SMILES string of the molecule is CCOc1cccc(N(CC(=O)NC(C)CCc2ccccc2)S(C)(=O)=O)c1. The van der Waals surface area contributed by atoms with Gasteiger partial charge in [0.05, 0.1) is 18.6 Å². The second kappa shape index (κ2) is 10.1. The number of aryl methyl sites for hydroxylation is 1. The van der Waals surface area contributed by atoms with Gasteiger partial charge < -0.3 is 10.1 Å². The minimum atomic E-state index is -3.62. The first kappa shape index (κ1) is 21.8. The molecule has 1 amide bonds. The number of sulfonamides is 1. The van der Waals surface area contributed by atoms with Crippen LogP contribution in [-0.4, -0.2) is 39.8 Å². The molecule has 1 unspecified atom stereocenters. The van der Waals surface area contributed by atoms with Crippen molar-refractivity contribution in [2.45, 2.75) is 32.7 Å². The molecule has 1 atom stereocenters. The number of carbonyl (C=O) groups excluding carboxylic acids is 1. The number of hydrogen-bond acceptors (Lipinski definition) is 4. The van der Waals surface area contributed by atoms with Gasteiger partial charge in [-0.3, -0.25) is 9.10 Å². The average molecular weight is 405 g/mol. The van der Waals surface area contributed by atoms with Crippen LogP contribution in [0.15, 0.2) is 54.6 Å². The molecule has 0 radical (unpaired) electrons. The molecule has 0 bridgehead atoms. The van der Waals surface area contributed by atoms with Gasteiger partial charge in [0.25, 0.3) is 0 Å². The number of nitrogens with one attached hydrogen (secondary N) is 1. The molecule has 0 aromatic heterocycles. The minimum Gasteiger partial charge on any atom is -0.494 e. The summed E-state index contributed by atoms with van der Waals surface area (Å²) in [5.74, 6) is 0.220. The smallest absolute Gasteiger partial charge is 0.240 e. The lowest BCUT2D eigenvalue weighted by Gasteiger charge is -2.23. The highest BCUT2D eigenvalue weighted by molar-refractivity contribution is 7.92. The predicted octanol–water partition coefficient (Wildman–Crippen LogP) is 2.99. The minimum absolute atomic E-state index is 0.0659. The summed E-state index contributed by atoms with van der Waals surface area (Å²) in [7, 11) is -3.62. The van der Waals surface area contributed by atoms with E-state index in [9.17, 15) is 13.2 Å². The number of ether oxygens (including phenoxy) is 1. The number of hydrogen-bond donors (Lipinski definition) is 1. The Bertz CT molecular complexity index is 869. The van der Waals surface area contributed by atoms with Crippen molar-refractivity contribution in [1.82, 2.24) is 5.32 Å². The van der Waals surface area contributed by atoms with Gasteiger partial charge in [0.15, 0.2) is 0 Å². The highest BCUT2D eigenvalue weighted by Gasteiger charge is 2.22. The second-order valence-electron chi connectivity index (χ2n) is 6.69. The number of rotatable bonds is 10. The maximum atomic E-state index is 12.5. The van der Waals surface area contributed by atoms with Crippen LogP contribution in [0.3, 0.4) is 0 Å². The van der Waals surface area contributed by atoms with Gasteiger partial charge in [-0.1, -0.05) is 36.4 Å². The Morgan fingerprint density at radius 3 is 2.50 bits per heavy atom. The van der Waals surface area contributed by atoms with E-state index in [4.69, 9.17) is 4.74 Å². The predicted molar refractivity (Wildman–Crippen MR) is 112 cm³/mol. The van der Waals surface area contributed by atoms with Crippen molar-refractivity contribution in [2.75, 3.05) is 23.7 Å². The van der Waals surface area contributed by atoms with Gasteiger partial charge in [0, 0.05) is 12.1 Å². The highest BCUT2D eigenvalue weighted by Crippen LogP contribution is 2.23. The van der Waals surface area contributed by atoms with Gasteiger partial charge in [-0.15, -0.1) is 0 Å². The van der Waals surface area contributed by atoms with Crippen LogP contribution in [0.4, 0.5) is 5.69 Å². The summed E-state index contributed by atoms with van der Waals surface area (Å²) in [5.41, 5.74) is 1.61. The topological polar surface area (TPSA) is 75.7 Å². The third-order valence-corrected chi connectivity index (χ3v) is 5.36. The second-order valence-corrected chi connectivity index (χ2v) is 8.60. The van der Waals surface area contributed by atoms with E-state index < -0.39 is 10.0 Å². The van der Waals surface area contributed by atoms with Crippen molar-refractivity contribution in [3.63, 3.8) is 0 Å². The fraction of sp³-hybridized carbons (Fsp3) is 0.381. The van der Waals surface area contributed by atoms with E-state index in [1.807, 2.05) is 44.2 Å². The van der Waals surface area contributed by atoms with Crippen LogP contribution in [0, 0.1) is 0 Å². The van der Waals surface area contributed by atoms with Crippen molar-refractivity contribution >= 4 is 21.6 Å². The van der Waals surface area contributed by atoms with Crippen molar-refractivity contribution in [1.29, 1.82) is 0 Å². The third kappa shape index (κ3) is 6.88. The quantitative estimate of drug-likeness (QED) is 0.661. The third-order valence-electron chi connectivity index (χ3n) is 4.22. The lowest BCUT2D eigenvalue weighted by Crippen LogP contribution is -2.43. The number of carbonyl (C=O) groups is 1. The molecule has 2 aromatic rings. The highest BCUT2D eigenvalue weighted by atomic mass is 32.2. The molecule has 0 aliphatic rings. The Balaban J connectivity index is 2.00. The Morgan fingerprint density at radius 1 is 1.14 bits per heavy atom. The van der Waals surface area contributed by atoms with E-state index in [1.165, 1.54) is 5.56 Å². The standard InChI is InChI=1S/C21H28N2O4S/c1-4-27-20-12-8-11-19(15-20)23(28(3,25)26)16-21(24)22-17(2)13-14-18-9-6-5-7-10-18/h5-12,15,17H,4,13-14,16H2,1-3H3,(H,22,24). The molecule has 0 fully saturated rings. The number of nitrogens with zero attached hydrogens (tertiary/aromatic N) is 1. The van der Waals surface area contributed by atoms with Gasteiger partial charge >= 0.3 is 0 Å². The Labute approximate surface area is 167 Å². The van der Waals surface area contributed by atoms with E-state index in [1.54, 1.807) is 24.3 Å². The van der Waals surface area contributed by atoms with Crippen molar-refractivity contribution in [3.8, 4) is 5.75 Å². The van der Waals surface area contributed by atoms with Crippen LogP contribution in [0.5, 0.6) is 5.75 Å². The molecule has 0 aliphatic heterocycles. The van der Waals surface area contributed by atoms with Crippen LogP contribution in [-0.2, 0) is 21.2 Å². The average Bonchev–Trinajstić information content (AvgIpc) is 2.65. The van der Waals surface area contributed by atoms with E-state index in [0.29, 0.717) is 18.0 Å². The lowest BCUT2D eigenvalue weighted by molar-refractivity contribution is -0.120. The Hall–Kier alpha value is -2.54. The van der Waals surface area contributed by atoms with Gasteiger partial charge in [-0.05, 0) is 44.4 Å². The molecule has 0 saturated heterocycles. The number of amides is 1. The molecule has 0 heterocycles. The van der Waals surface area contributed by atoms with Crippen LogP contribution in [0.1, 0.15) is 25.8 Å². The van der Waals surface area contributed by atoms with Crippen molar-refractivity contribution in [2.24, 2.45) is 0 Å². The summed E-state index contributed by atoms with van der Waals surface area (Å²) in [6.07, 6.45) is 2.70. The lowest BCUT2D eigenvalue weighted by atomic mass is 10.1. The van der Waals surface area contributed by atoms with Crippen LogP contribution < -0.4 is 14.4 Å². The molecule has 2 rings (SSSR count). The van der Waals surface area contributed by atoms with Crippen LogP contribution in [0.25, 0.3) is 0 Å². The first-order valence-corrected chi connectivity index (χ1v) is 11.2. The van der Waals surface area contributed by atoms with Gasteiger partial charge in [-0.2, -0.15) is 0 Å². The normalized spacial score (nSPS) is 12.2. The molecule has 1 N–H and O–H groups in total. The fourth-order valence-electron chi connectivity index (χ4n) is 2.85. The van der Waals surface area contributed by atoms with Crippen LogP contribution >= 0.6 is 0 Å². The molecule has 0 aliphatic carbocycles. The largest absolute Gasteiger partial charge is 0.494 e. The van der Waals surface area contributed by atoms with Crippen molar-refractivity contribution < 1.29 is 17.9 Å². The van der Waals surface area contributed by atoms with Gasteiger partial charge in [-0.25, -0.2) is 8.42 Å². The fourth-order valence-corrected chi connectivity index (χ4v) is 3.69. The zero-order valence-electron chi connectivity index (χ0n) is 16.6. The van der Waals surface area contributed by atoms with Crippen LogP contribution in [0.2, 0.25) is 0 Å². The zero-order chi connectivity index (χ0) is 20.6. The summed E-state index contributed by atoms with van der Waals surface area (Å²) in [6.45, 7) is 3.97. The van der Waals surface area contributed by atoms with E-state index in [2.05, 4.69) is 5.32 Å².